The van der Waals surface area contributed by atoms with E-state index in [4.69, 9.17) is 5.73 Å². The summed E-state index contributed by atoms with van der Waals surface area (Å²) in [5, 5.41) is 0. The molecule has 0 unspecified atom stereocenters. The molecule has 0 aliphatic heterocycles. The van der Waals surface area contributed by atoms with E-state index in [2.05, 4.69) is 4.74 Å². The summed E-state index contributed by atoms with van der Waals surface area (Å²) >= 11 is 0. The minimum atomic E-state index is -4.74. The van der Waals surface area contributed by atoms with E-state index < -0.39 is 18.2 Å². The van der Waals surface area contributed by atoms with Gasteiger partial charge < -0.3 is 10.5 Å². The van der Waals surface area contributed by atoms with Crippen molar-refractivity contribution in [3.05, 3.63) is 65.5 Å². The fourth-order valence-corrected chi connectivity index (χ4v) is 1.78. The zero-order valence-corrected chi connectivity index (χ0v) is 11.4. The van der Waals surface area contributed by atoms with Gasteiger partial charge in [0.15, 0.2) is 0 Å². The normalized spacial score (nSPS) is 12.4. The molecule has 0 spiro atoms. The molecule has 0 heterocycles. The topological polar surface area (TPSA) is 35.2 Å². The van der Waals surface area contributed by atoms with Gasteiger partial charge >= 0.3 is 6.36 Å². The van der Waals surface area contributed by atoms with E-state index in [1.165, 1.54) is 30.3 Å². The van der Waals surface area contributed by atoms with Gasteiger partial charge in [0, 0.05) is 5.56 Å². The van der Waals surface area contributed by atoms with Crippen molar-refractivity contribution in [3.8, 4) is 5.75 Å². The van der Waals surface area contributed by atoms with Gasteiger partial charge in [0.25, 0.3) is 0 Å². The monoisotopic (exact) mass is 321 g/mol. The van der Waals surface area contributed by atoms with Gasteiger partial charge in [-0.05, 0) is 23.8 Å². The maximum Gasteiger partial charge on any atom is 0.573 e. The number of benzene rings is 2. The fraction of sp³-hybridized carbons (Fsp3) is 0.143. The molecular weight excluding hydrogens is 310 g/mol. The highest BCUT2D eigenvalue weighted by Crippen LogP contribution is 2.26. The predicted molar refractivity (Wildman–Crippen MR) is 72.8 cm³/mol. The van der Waals surface area contributed by atoms with Gasteiger partial charge in [-0.1, -0.05) is 30.3 Å². The first-order valence-corrected chi connectivity index (χ1v) is 5.72. The average molecular weight is 322 g/mol. The Morgan fingerprint density at radius 3 is 2.05 bits per heavy atom. The van der Waals surface area contributed by atoms with Gasteiger partial charge in [-0.15, -0.1) is 25.6 Å². The van der Waals surface area contributed by atoms with Gasteiger partial charge in [0.05, 0.1) is 6.04 Å². The van der Waals surface area contributed by atoms with Gasteiger partial charge in [0.1, 0.15) is 11.6 Å². The molecule has 0 amide bonds. The van der Waals surface area contributed by atoms with Crippen molar-refractivity contribution in [2.24, 2.45) is 5.73 Å². The number of rotatable bonds is 3. The van der Waals surface area contributed by atoms with Crippen molar-refractivity contribution >= 4 is 12.4 Å². The molecule has 0 aliphatic carbocycles. The lowest BCUT2D eigenvalue weighted by Crippen LogP contribution is -2.17. The smallest absolute Gasteiger partial charge is 0.406 e. The molecule has 0 saturated heterocycles. The van der Waals surface area contributed by atoms with E-state index in [0.717, 1.165) is 12.1 Å². The van der Waals surface area contributed by atoms with Crippen molar-refractivity contribution in [2.45, 2.75) is 12.4 Å². The highest BCUT2D eigenvalue weighted by atomic mass is 35.5. The summed E-state index contributed by atoms with van der Waals surface area (Å²) in [5.41, 5.74) is 6.66. The number of halogens is 5. The number of nitrogens with two attached hydrogens (primary N) is 1. The highest BCUT2D eigenvalue weighted by Gasteiger charge is 2.31. The maximum absolute atomic E-state index is 13.6. The summed E-state index contributed by atoms with van der Waals surface area (Å²) in [6.45, 7) is 0. The summed E-state index contributed by atoms with van der Waals surface area (Å²) in [5.74, 6) is -0.808. The fourth-order valence-electron chi connectivity index (χ4n) is 1.78. The van der Waals surface area contributed by atoms with Crippen LogP contribution < -0.4 is 10.5 Å². The summed E-state index contributed by atoms with van der Waals surface area (Å²) in [4.78, 5) is 0. The van der Waals surface area contributed by atoms with Crippen molar-refractivity contribution in [1.82, 2.24) is 0 Å². The molecule has 21 heavy (non-hydrogen) atoms. The molecule has 0 saturated carbocycles. The molecule has 0 bridgehead atoms. The van der Waals surface area contributed by atoms with Crippen LogP contribution in [-0.2, 0) is 0 Å². The summed E-state index contributed by atoms with van der Waals surface area (Å²) < 4.78 is 53.4. The van der Waals surface area contributed by atoms with Crippen molar-refractivity contribution in [2.75, 3.05) is 0 Å². The number of alkyl halides is 3. The van der Waals surface area contributed by atoms with Crippen LogP contribution in [0.1, 0.15) is 17.2 Å². The minimum Gasteiger partial charge on any atom is -0.406 e. The quantitative estimate of drug-likeness (QED) is 0.860. The maximum atomic E-state index is 13.6. The molecule has 2 nitrogen and oxygen atoms in total. The zero-order valence-electron chi connectivity index (χ0n) is 10.6. The van der Waals surface area contributed by atoms with E-state index in [-0.39, 0.29) is 23.7 Å². The van der Waals surface area contributed by atoms with E-state index in [0.29, 0.717) is 5.56 Å². The van der Waals surface area contributed by atoms with Gasteiger partial charge in [-0.2, -0.15) is 0 Å². The Morgan fingerprint density at radius 2 is 1.52 bits per heavy atom. The van der Waals surface area contributed by atoms with Crippen LogP contribution in [0.25, 0.3) is 0 Å². The third-order valence-corrected chi connectivity index (χ3v) is 2.71. The van der Waals surface area contributed by atoms with Crippen LogP contribution in [0.5, 0.6) is 5.75 Å². The molecule has 2 rings (SSSR count). The van der Waals surface area contributed by atoms with Crippen LogP contribution in [0.4, 0.5) is 17.6 Å². The SMILES string of the molecule is Cl.N[C@H](c1ccc(OC(F)(F)F)cc1)c1ccccc1F. The second-order valence-corrected chi connectivity index (χ2v) is 4.12. The van der Waals surface area contributed by atoms with Gasteiger partial charge in [-0.25, -0.2) is 4.39 Å². The van der Waals surface area contributed by atoms with Crippen LogP contribution in [0.15, 0.2) is 48.5 Å². The zero-order chi connectivity index (χ0) is 14.8. The molecule has 0 aromatic heterocycles. The largest absolute Gasteiger partial charge is 0.573 e. The summed E-state index contributed by atoms with van der Waals surface area (Å²) in [6, 6.07) is 10.3. The standard InChI is InChI=1S/C14H11F4NO.ClH/c15-12-4-2-1-3-11(12)13(19)9-5-7-10(8-6-9)20-14(16,17)18;/h1-8,13H,19H2;1H/t13-;/m1./s1. The Labute approximate surface area is 124 Å². The lowest BCUT2D eigenvalue weighted by atomic mass is 9.99. The second-order valence-electron chi connectivity index (χ2n) is 4.12. The third-order valence-electron chi connectivity index (χ3n) is 2.71. The van der Waals surface area contributed by atoms with E-state index in [1.54, 1.807) is 6.07 Å². The highest BCUT2D eigenvalue weighted by molar-refractivity contribution is 5.85. The lowest BCUT2D eigenvalue weighted by Gasteiger charge is -2.14. The van der Waals surface area contributed by atoms with Crippen LogP contribution in [0, 0.1) is 5.82 Å². The van der Waals surface area contributed by atoms with Crippen molar-refractivity contribution in [3.63, 3.8) is 0 Å². The first-order valence-electron chi connectivity index (χ1n) is 5.72. The van der Waals surface area contributed by atoms with Gasteiger partial charge in [0.2, 0.25) is 0 Å². The van der Waals surface area contributed by atoms with Crippen LogP contribution in [0.2, 0.25) is 0 Å². The van der Waals surface area contributed by atoms with Crippen LogP contribution in [-0.4, -0.2) is 6.36 Å². The first kappa shape index (κ1) is 17.3. The Hall–Kier alpha value is -1.79. The molecule has 2 aromatic carbocycles. The molecule has 114 valence electrons. The molecular formula is C14H12ClF4NO. The van der Waals surface area contributed by atoms with Crippen molar-refractivity contribution in [1.29, 1.82) is 0 Å². The molecule has 1 atom stereocenters. The number of ether oxygens (including phenoxy) is 1. The number of hydrogen-bond donors (Lipinski definition) is 1. The predicted octanol–water partition coefficient (Wildman–Crippen LogP) is 4.19. The molecule has 0 fully saturated rings. The summed E-state index contributed by atoms with van der Waals surface area (Å²) in [6.07, 6.45) is -4.74. The lowest BCUT2D eigenvalue weighted by molar-refractivity contribution is -0.274. The minimum absolute atomic E-state index is 0. The molecule has 0 radical (unpaired) electrons. The van der Waals surface area contributed by atoms with Crippen LogP contribution in [0.3, 0.4) is 0 Å². The van der Waals surface area contributed by atoms with E-state index >= 15 is 0 Å². The van der Waals surface area contributed by atoms with Crippen LogP contribution >= 0.6 is 12.4 Å². The molecule has 7 heteroatoms. The second kappa shape index (κ2) is 6.78. The van der Waals surface area contributed by atoms with E-state index in [1.807, 2.05) is 0 Å². The molecule has 2 N–H and O–H groups in total. The Balaban J connectivity index is 0.00000220. The van der Waals surface area contributed by atoms with Crippen molar-refractivity contribution < 1.29 is 22.3 Å². The van der Waals surface area contributed by atoms with E-state index in [9.17, 15) is 17.6 Å². The summed E-state index contributed by atoms with van der Waals surface area (Å²) in [7, 11) is 0. The Kier molecular flexibility index (Phi) is 5.57. The van der Waals surface area contributed by atoms with Gasteiger partial charge in [-0.3, -0.25) is 0 Å². The Morgan fingerprint density at radius 1 is 0.952 bits per heavy atom. The Bertz CT molecular complexity index is 586. The molecule has 0 aliphatic rings. The average Bonchev–Trinajstić information content (AvgIpc) is 2.37. The molecule has 2 aromatic rings. The third kappa shape index (κ3) is 4.61. The number of hydrogen-bond acceptors (Lipinski definition) is 2. The first-order chi connectivity index (χ1) is 9.37.